The van der Waals surface area contributed by atoms with E-state index >= 15 is 0 Å². The number of fused-ring (bicyclic) bond motifs is 1. The first-order valence-electron chi connectivity index (χ1n) is 7.86. The van der Waals surface area contributed by atoms with Gasteiger partial charge in [0.15, 0.2) is 0 Å². The van der Waals surface area contributed by atoms with Crippen LogP contribution in [0.3, 0.4) is 0 Å². The number of anilines is 1. The first-order chi connectivity index (χ1) is 10.7. The maximum Gasteiger partial charge on any atom is 0.220 e. The van der Waals surface area contributed by atoms with Crippen LogP contribution in [0.1, 0.15) is 24.5 Å². The molecule has 1 aliphatic rings. The van der Waals surface area contributed by atoms with Crippen LogP contribution >= 0.6 is 11.3 Å². The van der Waals surface area contributed by atoms with Crippen LogP contribution in [-0.2, 0) is 17.6 Å². The molecule has 0 saturated heterocycles. The number of benzene rings is 1. The molecule has 4 heteroatoms. The standard InChI is InChI=1S/C18H22N2OS/c1-14(20-10-8-16-4-2-3-5-17(16)20)12-19-18(21)7-6-15-9-11-22-13-15/h2-5,9,11,13-14H,6-8,10,12H2,1H3,(H,19,21)/t14-/m0/s1. The van der Waals surface area contributed by atoms with Gasteiger partial charge >= 0.3 is 0 Å². The van der Waals surface area contributed by atoms with Crippen molar-refractivity contribution in [2.45, 2.75) is 32.2 Å². The molecule has 2 aromatic rings. The van der Waals surface area contributed by atoms with E-state index < -0.39 is 0 Å². The third-order valence-corrected chi connectivity index (χ3v) is 5.00. The van der Waals surface area contributed by atoms with Crippen molar-refractivity contribution in [2.75, 3.05) is 18.0 Å². The number of nitrogens with one attached hydrogen (secondary N) is 1. The lowest BCUT2D eigenvalue weighted by molar-refractivity contribution is -0.121. The minimum absolute atomic E-state index is 0.144. The predicted octanol–water partition coefficient (Wildman–Crippen LogP) is 3.25. The first-order valence-corrected chi connectivity index (χ1v) is 8.80. The molecule has 1 aromatic heterocycles. The van der Waals surface area contributed by atoms with E-state index in [0.717, 1.165) is 19.4 Å². The Kier molecular flexibility index (Phi) is 4.78. The highest BCUT2D eigenvalue weighted by Gasteiger charge is 2.22. The van der Waals surface area contributed by atoms with E-state index in [2.05, 4.69) is 58.2 Å². The van der Waals surface area contributed by atoms with Crippen molar-refractivity contribution in [1.29, 1.82) is 0 Å². The first kappa shape index (κ1) is 15.1. The molecule has 22 heavy (non-hydrogen) atoms. The molecule has 1 N–H and O–H groups in total. The summed E-state index contributed by atoms with van der Waals surface area (Å²) in [6.07, 6.45) is 2.50. The number of aryl methyl sites for hydroxylation is 1. The van der Waals surface area contributed by atoms with Crippen molar-refractivity contribution in [2.24, 2.45) is 0 Å². The Balaban J connectivity index is 1.46. The Labute approximate surface area is 136 Å². The summed E-state index contributed by atoms with van der Waals surface area (Å²) in [5.41, 5.74) is 3.99. The van der Waals surface area contributed by atoms with Crippen molar-refractivity contribution >= 4 is 22.9 Å². The summed E-state index contributed by atoms with van der Waals surface area (Å²) in [7, 11) is 0. The maximum absolute atomic E-state index is 12.0. The Hall–Kier alpha value is -1.81. The van der Waals surface area contributed by atoms with Gasteiger partial charge in [-0.05, 0) is 53.8 Å². The Morgan fingerprint density at radius 1 is 1.36 bits per heavy atom. The summed E-state index contributed by atoms with van der Waals surface area (Å²) in [6.45, 7) is 3.93. The highest BCUT2D eigenvalue weighted by Crippen LogP contribution is 2.28. The second-order valence-electron chi connectivity index (χ2n) is 5.86. The molecule has 0 fully saturated rings. The van der Waals surface area contributed by atoms with Crippen LogP contribution in [0.5, 0.6) is 0 Å². The van der Waals surface area contributed by atoms with Crippen LogP contribution in [0.15, 0.2) is 41.1 Å². The van der Waals surface area contributed by atoms with Gasteiger partial charge < -0.3 is 10.2 Å². The molecule has 2 heterocycles. The molecule has 0 unspecified atom stereocenters. The summed E-state index contributed by atoms with van der Waals surface area (Å²) < 4.78 is 0. The number of thiophene rings is 1. The second-order valence-corrected chi connectivity index (χ2v) is 6.64. The number of carbonyl (C=O) groups is 1. The predicted molar refractivity (Wildman–Crippen MR) is 92.6 cm³/mol. The van der Waals surface area contributed by atoms with Crippen LogP contribution in [0.25, 0.3) is 0 Å². The third kappa shape index (κ3) is 3.50. The Morgan fingerprint density at radius 2 is 2.23 bits per heavy atom. The zero-order valence-corrected chi connectivity index (χ0v) is 13.7. The van der Waals surface area contributed by atoms with Gasteiger partial charge in [-0.25, -0.2) is 0 Å². The molecule has 0 spiro atoms. The molecule has 3 nitrogen and oxygen atoms in total. The van der Waals surface area contributed by atoms with Gasteiger partial charge in [-0.15, -0.1) is 0 Å². The average Bonchev–Trinajstić information content (AvgIpc) is 3.19. The summed E-state index contributed by atoms with van der Waals surface area (Å²) in [5.74, 6) is 0.144. The van der Waals surface area contributed by atoms with E-state index in [-0.39, 0.29) is 5.91 Å². The van der Waals surface area contributed by atoms with Crippen molar-refractivity contribution in [1.82, 2.24) is 5.32 Å². The minimum Gasteiger partial charge on any atom is -0.366 e. The molecule has 0 saturated carbocycles. The van der Waals surface area contributed by atoms with Crippen molar-refractivity contribution < 1.29 is 4.79 Å². The summed E-state index contributed by atoms with van der Waals surface area (Å²) in [5, 5.41) is 7.24. The van der Waals surface area contributed by atoms with Gasteiger partial charge in [0.05, 0.1) is 0 Å². The number of hydrogen-bond donors (Lipinski definition) is 1. The largest absolute Gasteiger partial charge is 0.366 e. The number of amides is 1. The highest BCUT2D eigenvalue weighted by molar-refractivity contribution is 7.07. The van der Waals surface area contributed by atoms with E-state index in [1.54, 1.807) is 11.3 Å². The van der Waals surface area contributed by atoms with Crippen LogP contribution in [-0.4, -0.2) is 25.0 Å². The lowest BCUT2D eigenvalue weighted by Crippen LogP contribution is -2.41. The van der Waals surface area contributed by atoms with Gasteiger partial charge in [0, 0.05) is 31.2 Å². The number of rotatable bonds is 6. The summed E-state index contributed by atoms with van der Waals surface area (Å²) in [6, 6.07) is 11.0. The number of carbonyl (C=O) groups excluding carboxylic acids is 1. The molecule has 116 valence electrons. The molecule has 1 atom stereocenters. The topological polar surface area (TPSA) is 32.3 Å². The normalized spacial score (nSPS) is 14.7. The molecule has 1 amide bonds. The SMILES string of the molecule is C[C@@H](CNC(=O)CCc1ccsc1)N1CCc2ccccc21. The van der Waals surface area contributed by atoms with E-state index in [9.17, 15) is 4.79 Å². The number of hydrogen-bond acceptors (Lipinski definition) is 3. The van der Waals surface area contributed by atoms with Gasteiger partial charge in [0.2, 0.25) is 5.91 Å². The van der Waals surface area contributed by atoms with E-state index in [1.165, 1.54) is 16.8 Å². The molecule has 1 aliphatic heterocycles. The van der Waals surface area contributed by atoms with Gasteiger partial charge in [-0.1, -0.05) is 18.2 Å². The molecule has 1 aromatic carbocycles. The Bertz CT molecular complexity index is 624. The lowest BCUT2D eigenvalue weighted by atomic mass is 10.1. The smallest absolute Gasteiger partial charge is 0.220 e. The van der Waals surface area contributed by atoms with Gasteiger partial charge in [0.1, 0.15) is 0 Å². The fourth-order valence-electron chi connectivity index (χ4n) is 2.97. The summed E-state index contributed by atoms with van der Waals surface area (Å²) >= 11 is 1.68. The van der Waals surface area contributed by atoms with Gasteiger partial charge in [-0.3, -0.25) is 4.79 Å². The maximum atomic E-state index is 12.0. The highest BCUT2D eigenvalue weighted by atomic mass is 32.1. The monoisotopic (exact) mass is 314 g/mol. The zero-order chi connectivity index (χ0) is 15.4. The van der Waals surface area contributed by atoms with Crippen LogP contribution < -0.4 is 10.2 Å². The molecular formula is C18H22N2OS. The van der Waals surface area contributed by atoms with Crippen LogP contribution in [0.2, 0.25) is 0 Å². The quantitative estimate of drug-likeness (QED) is 0.888. The average molecular weight is 314 g/mol. The molecule has 0 bridgehead atoms. The zero-order valence-electron chi connectivity index (χ0n) is 12.9. The third-order valence-electron chi connectivity index (χ3n) is 4.27. The van der Waals surface area contributed by atoms with Crippen LogP contribution in [0.4, 0.5) is 5.69 Å². The molecule has 3 rings (SSSR count). The van der Waals surface area contributed by atoms with E-state index in [4.69, 9.17) is 0 Å². The second kappa shape index (κ2) is 6.97. The molecule has 0 aliphatic carbocycles. The van der Waals surface area contributed by atoms with E-state index in [1.807, 2.05) is 0 Å². The summed E-state index contributed by atoms with van der Waals surface area (Å²) in [4.78, 5) is 14.4. The van der Waals surface area contributed by atoms with Gasteiger partial charge in [-0.2, -0.15) is 11.3 Å². The van der Waals surface area contributed by atoms with Crippen LogP contribution in [0, 0.1) is 0 Å². The van der Waals surface area contributed by atoms with Crippen molar-refractivity contribution in [3.63, 3.8) is 0 Å². The van der Waals surface area contributed by atoms with Crippen molar-refractivity contribution in [3.05, 3.63) is 52.2 Å². The Morgan fingerprint density at radius 3 is 3.05 bits per heavy atom. The van der Waals surface area contributed by atoms with E-state index in [0.29, 0.717) is 19.0 Å². The number of para-hydroxylation sites is 1. The lowest BCUT2D eigenvalue weighted by Gasteiger charge is -2.27. The van der Waals surface area contributed by atoms with Gasteiger partial charge in [0.25, 0.3) is 0 Å². The fourth-order valence-corrected chi connectivity index (χ4v) is 3.68. The molecule has 0 radical (unpaired) electrons. The van der Waals surface area contributed by atoms with Crippen molar-refractivity contribution in [3.8, 4) is 0 Å². The molecular weight excluding hydrogens is 292 g/mol. The fraction of sp³-hybridized carbons (Fsp3) is 0.389. The number of nitrogens with zero attached hydrogens (tertiary/aromatic N) is 1. The minimum atomic E-state index is 0.144.